The van der Waals surface area contributed by atoms with E-state index >= 15 is 8.78 Å². The van der Waals surface area contributed by atoms with Crippen LogP contribution in [-0.4, -0.2) is 163 Å². The summed E-state index contributed by atoms with van der Waals surface area (Å²) in [4.78, 5) is 51.9. The van der Waals surface area contributed by atoms with Crippen LogP contribution in [0.5, 0.6) is 0 Å². The zero-order valence-electron chi connectivity index (χ0n) is 44.3. The van der Waals surface area contributed by atoms with Crippen LogP contribution in [0.15, 0.2) is 49.1 Å². The average Bonchev–Trinajstić information content (AvgIpc) is 4.16. The summed E-state index contributed by atoms with van der Waals surface area (Å²) in [5.74, 6) is -1.49. The molecule has 2 aromatic carbocycles. The number of hydrogen-bond acceptors (Lipinski definition) is 13. The molecule has 8 aromatic rings. The van der Waals surface area contributed by atoms with Crippen LogP contribution < -0.4 is 10.6 Å². The number of nitrogens with one attached hydrogen (secondary N) is 3. The molecule has 77 heavy (non-hydrogen) atoms. The van der Waals surface area contributed by atoms with E-state index in [0.717, 1.165) is 45.3 Å². The van der Waals surface area contributed by atoms with Gasteiger partial charge in [-0.25, -0.2) is 28.7 Å². The number of H-pyrrole nitrogens is 1. The number of halogens is 5. The van der Waals surface area contributed by atoms with Gasteiger partial charge in [-0.05, 0) is 58.0 Å². The summed E-state index contributed by atoms with van der Waals surface area (Å²) < 4.78 is 52.7. The molecule has 0 bridgehead atoms. The number of rotatable bonds is 17. The summed E-state index contributed by atoms with van der Waals surface area (Å²) in [6.45, 7) is 24.1. The molecule has 0 saturated carbocycles. The Morgan fingerprint density at radius 2 is 1.22 bits per heavy atom. The summed E-state index contributed by atoms with van der Waals surface area (Å²) in [6, 6.07) is 6.91. The number of hydrogen-bond donors (Lipinski definition) is 3. The van der Waals surface area contributed by atoms with Gasteiger partial charge in [0, 0.05) is 88.5 Å². The Bertz CT molecular complexity index is 3380. The molecule has 2 amide bonds. The molecule has 10 rings (SSSR count). The predicted octanol–water partition coefficient (Wildman–Crippen LogP) is 8.68. The van der Waals surface area contributed by atoms with Crippen molar-refractivity contribution in [2.24, 2.45) is 0 Å². The van der Waals surface area contributed by atoms with Gasteiger partial charge in [0.1, 0.15) is 52.2 Å². The first-order chi connectivity index (χ1) is 36.4. The number of ether oxygens (including phenoxy) is 3. The van der Waals surface area contributed by atoms with Crippen LogP contribution in [0.1, 0.15) is 48.4 Å². The largest absolute Gasteiger partial charge is 0.379 e. The molecule has 2 saturated heterocycles. The molecule has 8 heterocycles. The van der Waals surface area contributed by atoms with Crippen molar-refractivity contribution in [1.29, 1.82) is 0 Å². The number of aromatic nitrogens is 10. The zero-order valence-corrected chi connectivity index (χ0v) is 47.6. The number of morpholine rings is 2. The van der Waals surface area contributed by atoms with Gasteiger partial charge < -0.3 is 34.4 Å². The van der Waals surface area contributed by atoms with E-state index in [1.807, 2.05) is 27.7 Å². The molecular weight excluding hydrogens is 1070 g/mol. The minimum atomic E-state index is -1.25. The smallest absolute Gasteiger partial charge is 0.255 e. The molecule has 0 unspecified atom stereocenters. The van der Waals surface area contributed by atoms with Crippen molar-refractivity contribution in [3.8, 4) is 22.8 Å². The van der Waals surface area contributed by atoms with Crippen molar-refractivity contribution in [2.75, 3.05) is 72.3 Å². The Balaban J connectivity index is 0.000000205. The zero-order chi connectivity index (χ0) is 53.8. The van der Waals surface area contributed by atoms with E-state index in [0.29, 0.717) is 134 Å². The van der Waals surface area contributed by atoms with Crippen LogP contribution in [0.2, 0.25) is 35.7 Å². The second-order valence-corrected chi connectivity index (χ2v) is 27.3. The number of amides is 2. The lowest BCUT2D eigenvalue weighted by Gasteiger charge is -2.26. The summed E-state index contributed by atoms with van der Waals surface area (Å²) in [7, 11) is -1.25. The molecule has 25 heteroatoms. The minimum Gasteiger partial charge on any atom is -0.379 e. The van der Waals surface area contributed by atoms with Crippen molar-refractivity contribution in [3.05, 3.63) is 81.9 Å². The normalized spacial score (nSPS) is 14.7. The number of aromatic amines is 1. The lowest BCUT2D eigenvalue weighted by molar-refractivity contribution is 0.0361. The van der Waals surface area contributed by atoms with Crippen molar-refractivity contribution in [2.45, 2.75) is 85.3 Å². The number of carbonyl (C=O) groups excluding carboxylic acids is 2. The molecule has 2 fully saturated rings. The van der Waals surface area contributed by atoms with Gasteiger partial charge in [0.05, 0.1) is 84.8 Å². The average molecular weight is 1140 g/mol. The first kappa shape index (κ1) is 57.5. The minimum absolute atomic E-state index is 0. The molecule has 0 radical (unpaired) electrons. The fourth-order valence-electron chi connectivity index (χ4n) is 9.10. The van der Waals surface area contributed by atoms with Crippen molar-refractivity contribution >= 4 is 99.6 Å². The van der Waals surface area contributed by atoms with Crippen LogP contribution >= 0.6 is 35.6 Å². The molecular formula is C52H65Cl3F2N14O5Si. The van der Waals surface area contributed by atoms with Crippen LogP contribution in [0.25, 0.3) is 66.9 Å². The Morgan fingerprint density at radius 3 is 1.73 bits per heavy atom. The Morgan fingerprint density at radius 1 is 0.727 bits per heavy atom. The van der Waals surface area contributed by atoms with Crippen LogP contribution in [0, 0.1) is 11.6 Å². The maximum Gasteiger partial charge on any atom is 0.255 e. The maximum atomic E-state index is 15.4. The molecule has 0 atom stereocenters. The topological polar surface area (TPSA) is 200 Å². The molecule has 19 nitrogen and oxygen atoms in total. The molecule has 2 aliphatic rings. The quantitative estimate of drug-likeness (QED) is 0.0578. The first-order valence-electron chi connectivity index (χ1n) is 25.6. The number of benzene rings is 2. The third kappa shape index (κ3) is 13.6. The van der Waals surface area contributed by atoms with Gasteiger partial charge in [0.15, 0.2) is 11.3 Å². The number of fused-ring (bicyclic) bond motifs is 4. The highest BCUT2D eigenvalue weighted by molar-refractivity contribution is 6.76. The van der Waals surface area contributed by atoms with Crippen molar-refractivity contribution in [3.63, 3.8) is 0 Å². The third-order valence-electron chi connectivity index (χ3n) is 13.0. The Labute approximate surface area is 461 Å². The summed E-state index contributed by atoms with van der Waals surface area (Å²) in [5.41, 5.74) is 5.17. The van der Waals surface area contributed by atoms with Gasteiger partial charge in [0.25, 0.3) is 11.8 Å². The lowest BCUT2D eigenvalue weighted by atomic mass is 10.1. The second kappa shape index (κ2) is 25.0. The molecule has 6 aromatic heterocycles. The Hall–Kier alpha value is -5.69. The SMILES string of the molecule is CC(C)NC(=O)c1c[nH]c2ncc(-c3nn(CCN4CCOCC4)c4cc(Cl)cc(F)c34)nc12.CC(C)NC(=O)c1cn(COCC[Si](C)(C)C)c2ncc(-c3nn(CCN4CCOCC4)c4cc(Cl)cc(F)c34)nc12.Cl. The highest BCUT2D eigenvalue weighted by Gasteiger charge is 2.26. The lowest BCUT2D eigenvalue weighted by Crippen LogP contribution is -2.38. The summed E-state index contributed by atoms with van der Waals surface area (Å²) >= 11 is 12.4. The molecule has 3 N–H and O–H groups in total. The van der Waals surface area contributed by atoms with E-state index in [1.165, 1.54) is 18.3 Å². The molecule has 0 spiro atoms. The fourth-order valence-corrected chi connectivity index (χ4v) is 10.3. The Kier molecular flexibility index (Phi) is 18.6. The fraction of sp³-hybridized carbons (Fsp3) is 0.462. The van der Waals surface area contributed by atoms with Gasteiger partial charge in [-0.15, -0.1) is 12.4 Å². The highest BCUT2D eigenvalue weighted by Crippen LogP contribution is 2.35. The van der Waals surface area contributed by atoms with Gasteiger partial charge >= 0.3 is 0 Å². The van der Waals surface area contributed by atoms with E-state index in [4.69, 9.17) is 52.6 Å². The predicted molar refractivity (Wildman–Crippen MR) is 300 cm³/mol. The molecule has 412 valence electrons. The number of carbonyl (C=O) groups is 2. The van der Waals surface area contributed by atoms with Gasteiger partial charge in [-0.2, -0.15) is 10.2 Å². The standard InChI is InChI=1S/C29H39ClFN7O3Si.C23H25ClFN7O2.ClH/c1-19(2)33-29(39)21-17-37(18-41-12-13-42(3,4)5)28-26(21)34-23(16-32-28)27-25-22(31)14-20(30)15-24(25)38(35-27)7-6-36-8-10-40-11-9-36;1-13(2)28-23(33)15-11-26-22-20(15)29-17(12-27-22)21-19-16(25)9-14(24)10-18(19)32(30-21)4-3-31-5-7-34-8-6-31;/h14-17,19H,6-13,18H2,1-5H3,(H,33,39);9-13H,3-8H2,1-2H3,(H,26,27)(H,28,33);1H. The van der Waals surface area contributed by atoms with Crippen molar-refractivity contribution < 1.29 is 32.6 Å². The van der Waals surface area contributed by atoms with E-state index in [-0.39, 0.29) is 43.0 Å². The van der Waals surface area contributed by atoms with E-state index in [1.54, 1.807) is 44.7 Å². The summed E-state index contributed by atoms with van der Waals surface area (Å²) in [5, 5.41) is 16.5. The second-order valence-electron chi connectivity index (χ2n) is 20.8. The van der Waals surface area contributed by atoms with Gasteiger partial charge in [-0.3, -0.25) is 28.8 Å². The molecule has 2 aliphatic heterocycles. The van der Waals surface area contributed by atoms with E-state index in [9.17, 15) is 9.59 Å². The van der Waals surface area contributed by atoms with Crippen LogP contribution in [0.3, 0.4) is 0 Å². The molecule has 0 aliphatic carbocycles. The first-order valence-corrected chi connectivity index (χ1v) is 30.1. The van der Waals surface area contributed by atoms with E-state index < -0.39 is 19.7 Å². The van der Waals surface area contributed by atoms with Gasteiger partial charge in [0.2, 0.25) is 0 Å². The van der Waals surface area contributed by atoms with Crippen molar-refractivity contribution in [1.82, 2.24) is 69.5 Å². The van der Waals surface area contributed by atoms with Crippen LogP contribution in [0.4, 0.5) is 8.78 Å². The number of nitrogens with zero attached hydrogens (tertiary/aromatic N) is 11. The maximum absolute atomic E-state index is 15.4. The van der Waals surface area contributed by atoms with E-state index in [2.05, 4.69) is 60.0 Å². The summed E-state index contributed by atoms with van der Waals surface area (Å²) in [6.07, 6.45) is 6.41. The van der Waals surface area contributed by atoms with Crippen LogP contribution in [-0.2, 0) is 34.0 Å². The monoisotopic (exact) mass is 1140 g/mol. The van der Waals surface area contributed by atoms with Gasteiger partial charge in [-0.1, -0.05) is 42.8 Å². The highest BCUT2D eigenvalue weighted by atomic mass is 35.5. The third-order valence-corrected chi connectivity index (χ3v) is 15.1.